The molecule has 114 valence electrons. The van der Waals surface area contributed by atoms with E-state index in [1.165, 1.54) is 6.07 Å². The lowest BCUT2D eigenvalue weighted by Gasteiger charge is -2.13. The van der Waals surface area contributed by atoms with Crippen molar-refractivity contribution in [2.24, 2.45) is 5.92 Å². The molecule has 0 radical (unpaired) electrons. The quantitative estimate of drug-likeness (QED) is 0.789. The fraction of sp³-hybridized carbons (Fsp3) is 0.400. The summed E-state index contributed by atoms with van der Waals surface area (Å²) in [4.78, 5) is 4.40. The van der Waals surface area contributed by atoms with Crippen molar-refractivity contribution in [3.63, 3.8) is 0 Å². The lowest BCUT2D eigenvalue weighted by atomic mass is 10.1. The standard InChI is InChI=1S/C15H15ClF3NO/c1-9(2)6-10-7-12(16)11-4-3-5-13(14(11)20-10)21-8-15(17,18)19/h3-5,7,9H,6,8H2,1-2H3. The molecule has 0 fully saturated rings. The second-order valence-electron chi connectivity index (χ2n) is 5.25. The number of benzene rings is 1. The highest BCUT2D eigenvalue weighted by molar-refractivity contribution is 6.35. The number of hydrogen-bond donors (Lipinski definition) is 0. The van der Waals surface area contributed by atoms with E-state index in [9.17, 15) is 13.2 Å². The van der Waals surface area contributed by atoms with E-state index in [0.29, 0.717) is 28.3 Å². The summed E-state index contributed by atoms with van der Waals surface area (Å²) in [5, 5.41) is 1.05. The fourth-order valence-corrected chi connectivity index (χ4v) is 2.31. The third-order valence-corrected chi connectivity index (χ3v) is 3.13. The Balaban J connectivity index is 2.43. The van der Waals surface area contributed by atoms with Gasteiger partial charge in [0.15, 0.2) is 6.61 Å². The first kappa shape index (κ1) is 15.9. The molecule has 0 atom stereocenters. The zero-order valence-electron chi connectivity index (χ0n) is 11.7. The van der Waals surface area contributed by atoms with Crippen LogP contribution in [0, 0.1) is 5.92 Å². The minimum absolute atomic E-state index is 0.0948. The molecule has 1 heterocycles. The molecule has 0 saturated carbocycles. The van der Waals surface area contributed by atoms with Gasteiger partial charge < -0.3 is 4.74 Å². The molecule has 0 aliphatic heterocycles. The number of fused-ring (bicyclic) bond motifs is 1. The highest BCUT2D eigenvalue weighted by atomic mass is 35.5. The second kappa shape index (κ2) is 6.10. The molecule has 1 aromatic carbocycles. The van der Waals surface area contributed by atoms with Gasteiger partial charge in [-0.1, -0.05) is 37.6 Å². The smallest absolute Gasteiger partial charge is 0.422 e. The Morgan fingerprint density at radius 3 is 2.62 bits per heavy atom. The Morgan fingerprint density at radius 1 is 1.29 bits per heavy atom. The summed E-state index contributed by atoms with van der Waals surface area (Å²) >= 11 is 6.19. The van der Waals surface area contributed by atoms with Gasteiger partial charge in [0.1, 0.15) is 11.3 Å². The predicted octanol–water partition coefficient (Wildman–Crippen LogP) is 5.03. The number of pyridine rings is 1. The maximum atomic E-state index is 12.3. The summed E-state index contributed by atoms with van der Waals surface area (Å²) in [5.74, 6) is 0.464. The summed E-state index contributed by atoms with van der Waals surface area (Å²) in [6, 6.07) is 6.53. The minimum Gasteiger partial charge on any atom is -0.482 e. The van der Waals surface area contributed by atoms with Crippen LogP contribution in [0.15, 0.2) is 24.3 Å². The average molecular weight is 318 g/mol. The first-order chi connectivity index (χ1) is 9.76. The van der Waals surface area contributed by atoms with E-state index < -0.39 is 12.8 Å². The first-order valence-corrected chi connectivity index (χ1v) is 6.92. The number of rotatable bonds is 4. The molecule has 0 unspecified atom stereocenters. The van der Waals surface area contributed by atoms with Gasteiger partial charge in [0, 0.05) is 11.1 Å². The average Bonchev–Trinajstić information content (AvgIpc) is 2.34. The van der Waals surface area contributed by atoms with Crippen LogP contribution in [0.5, 0.6) is 5.75 Å². The van der Waals surface area contributed by atoms with Gasteiger partial charge in [-0.15, -0.1) is 0 Å². The maximum Gasteiger partial charge on any atom is 0.422 e. The van der Waals surface area contributed by atoms with Gasteiger partial charge in [-0.3, -0.25) is 0 Å². The van der Waals surface area contributed by atoms with Gasteiger partial charge in [0.25, 0.3) is 0 Å². The van der Waals surface area contributed by atoms with Crippen LogP contribution in [-0.4, -0.2) is 17.8 Å². The van der Waals surface area contributed by atoms with Crippen molar-refractivity contribution in [2.45, 2.75) is 26.4 Å². The Morgan fingerprint density at radius 2 is 2.00 bits per heavy atom. The van der Waals surface area contributed by atoms with Crippen molar-refractivity contribution in [3.05, 3.63) is 35.0 Å². The van der Waals surface area contributed by atoms with Crippen LogP contribution in [0.3, 0.4) is 0 Å². The normalized spacial score (nSPS) is 12.1. The largest absolute Gasteiger partial charge is 0.482 e. The molecule has 0 amide bonds. The van der Waals surface area contributed by atoms with E-state index >= 15 is 0 Å². The zero-order valence-corrected chi connectivity index (χ0v) is 12.4. The predicted molar refractivity (Wildman–Crippen MR) is 76.8 cm³/mol. The molecule has 2 rings (SSSR count). The highest BCUT2D eigenvalue weighted by Gasteiger charge is 2.28. The van der Waals surface area contributed by atoms with Crippen LogP contribution >= 0.6 is 11.6 Å². The molecule has 1 aromatic heterocycles. The third-order valence-electron chi connectivity index (χ3n) is 2.81. The van der Waals surface area contributed by atoms with Crippen LogP contribution in [0.25, 0.3) is 10.9 Å². The van der Waals surface area contributed by atoms with Gasteiger partial charge >= 0.3 is 6.18 Å². The van der Waals surface area contributed by atoms with E-state index in [4.69, 9.17) is 16.3 Å². The number of hydrogen-bond acceptors (Lipinski definition) is 2. The summed E-state index contributed by atoms with van der Waals surface area (Å²) in [7, 11) is 0. The third kappa shape index (κ3) is 4.24. The minimum atomic E-state index is -4.39. The number of halogens is 4. The van der Waals surface area contributed by atoms with E-state index in [2.05, 4.69) is 4.98 Å². The monoisotopic (exact) mass is 317 g/mol. The molecule has 0 saturated heterocycles. The Hall–Kier alpha value is -1.49. The number of nitrogens with zero attached hydrogens (tertiary/aromatic N) is 1. The molecule has 0 aliphatic carbocycles. The number of ether oxygens (including phenoxy) is 1. The van der Waals surface area contributed by atoms with Crippen LogP contribution in [-0.2, 0) is 6.42 Å². The molecular weight excluding hydrogens is 303 g/mol. The highest BCUT2D eigenvalue weighted by Crippen LogP contribution is 2.31. The molecule has 0 N–H and O–H groups in total. The first-order valence-electron chi connectivity index (χ1n) is 6.54. The van der Waals surface area contributed by atoms with Gasteiger partial charge in [0.05, 0.1) is 5.02 Å². The van der Waals surface area contributed by atoms with E-state index in [-0.39, 0.29) is 5.75 Å². The number of alkyl halides is 3. The van der Waals surface area contributed by atoms with Crippen LogP contribution in [0.4, 0.5) is 13.2 Å². The molecule has 2 aromatic rings. The summed E-state index contributed by atoms with van der Waals surface area (Å²) < 4.78 is 41.8. The van der Waals surface area contributed by atoms with Crippen molar-refractivity contribution in [1.29, 1.82) is 0 Å². The topological polar surface area (TPSA) is 22.1 Å². The molecule has 0 spiro atoms. The van der Waals surface area contributed by atoms with Gasteiger partial charge in [-0.05, 0) is 24.5 Å². The summed E-state index contributed by atoms with van der Waals surface area (Å²) in [6.07, 6.45) is -3.69. The lowest BCUT2D eigenvalue weighted by molar-refractivity contribution is -0.153. The Labute approximate surface area is 125 Å². The molecule has 0 aliphatic rings. The van der Waals surface area contributed by atoms with E-state index in [0.717, 1.165) is 5.69 Å². The van der Waals surface area contributed by atoms with Gasteiger partial charge in [-0.25, -0.2) is 4.98 Å². The Kier molecular flexibility index (Phi) is 4.61. The van der Waals surface area contributed by atoms with Crippen LogP contribution in [0.1, 0.15) is 19.5 Å². The lowest BCUT2D eigenvalue weighted by Crippen LogP contribution is -2.19. The maximum absolute atomic E-state index is 12.3. The van der Waals surface area contributed by atoms with E-state index in [1.807, 2.05) is 13.8 Å². The Bertz CT molecular complexity index is 641. The van der Waals surface area contributed by atoms with Gasteiger partial charge in [0.2, 0.25) is 0 Å². The fourth-order valence-electron chi connectivity index (χ4n) is 2.03. The summed E-state index contributed by atoms with van der Waals surface area (Å²) in [6.45, 7) is 2.72. The second-order valence-corrected chi connectivity index (χ2v) is 5.66. The van der Waals surface area contributed by atoms with Crippen LogP contribution < -0.4 is 4.74 Å². The van der Waals surface area contributed by atoms with Crippen molar-refractivity contribution < 1.29 is 17.9 Å². The molecule has 21 heavy (non-hydrogen) atoms. The van der Waals surface area contributed by atoms with Crippen molar-refractivity contribution in [3.8, 4) is 5.75 Å². The molecule has 2 nitrogen and oxygen atoms in total. The molecule has 0 bridgehead atoms. The zero-order chi connectivity index (χ0) is 15.6. The summed E-state index contributed by atoms with van der Waals surface area (Å²) in [5.41, 5.74) is 1.11. The number of para-hydroxylation sites is 1. The number of aromatic nitrogens is 1. The SMILES string of the molecule is CC(C)Cc1cc(Cl)c2cccc(OCC(F)(F)F)c2n1. The van der Waals surface area contributed by atoms with E-state index in [1.54, 1.807) is 18.2 Å². The van der Waals surface area contributed by atoms with Gasteiger partial charge in [-0.2, -0.15) is 13.2 Å². The van der Waals surface area contributed by atoms with Crippen LogP contribution in [0.2, 0.25) is 5.02 Å². The molecular formula is C15H15ClF3NO. The van der Waals surface area contributed by atoms with Crippen molar-refractivity contribution in [1.82, 2.24) is 4.98 Å². The van der Waals surface area contributed by atoms with Crippen molar-refractivity contribution in [2.75, 3.05) is 6.61 Å². The van der Waals surface area contributed by atoms with Crippen molar-refractivity contribution >= 4 is 22.5 Å². The molecule has 6 heteroatoms.